The van der Waals surface area contributed by atoms with Crippen molar-refractivity contribution < 1.29 is 19.5 Å². The number of piperazine rings is 1. The van der Waals surface area contributed by atoms with Crippen LogP contribution in [-0.2, 0) is 14.4 Å². The minimum atomic E-state index is -1.09. The van der Waals surface area contributed by atoms with Crippen LogP contribution >= 0.6 is 0 Å². The number of amides is 2. The largest absolute Gasteiger partial charge is 0.480 e. The summed E-state index contributed by atoms with van der Waals surface area (Å²) in [5, 5.41) is 11.2. The van der Waals surface area contributed by atoms with Crippen molar-refractivity contribution in [1.29, 1.82) is 0 Å². The quantitative estimate of drug-likeness (QED) is 0.586. The van der Waals surface area contributed by atoms with Crippen molar-refractivity contribution in [1.82, 2.24) is 10.2 Å². The van der Waals surface area contributed by atoms with E-state index in [0.717, 1.165) is 4.90 Å². The number of nitrogens with zero attached hydrogens (tertiary/aromatic N) is 1. The summed E-state index contributed by atoms with van der Waals surface area (Å²) in [5.41, 5.74) is 0. The van der Waals surface area contributed by atoms with E-state index in [1.807, 2.05) is 0 Å². The molecule has 2 N–H and O–H groups in total. The van der Waals surface area contributed by atoms with Crippen molar-refractivity contribution in [2.75, 3.05) is 13.1 Å². The van der Waals surface area contributed by atoms with Crippen molar-refractivity contribution >= 4 is 17.8 Å². The molecule has 6 nitrogen and oxygen atoms in total. The van der Waals surface area contributed by atoms with Crippen molar-refractivity contribution in [3.8, 4) is 0 Å². The molecule has 0 aromatic rings. The highest BCUT2D eigenvalue weighted by Crippen LogP contribution is 2.06. The molecule has 1 aliphatic heterocycles. The maximum atomic E-state index is 11.3. The second kappa shape index (κ2) is 4.08. The van der Waals surface area contributed by atoms with E-state index >= 15 is 0 Å². The highest BCUT2D eigenvalue weighted by molar-refractivity contribution is 5.91. The monoisotopic (exact) mass is 200 g/mol. The number of rotatable bonds is 2. The Kier molecular flexibility index (Phi) is 3.06. The first-order valence-electron chi connectivity index (χ1n) is 4.35. The molecule has 14 heavy (non-hydrogen) atoms. The summed E-state index contributed by atoms with van der Waals surface area (Å²) in [6.45, 7) is 1.46. The number of carboxylic acids is 1. The van der Waals surface area contributed by atoms with Gasteiger partial charge in [0.05, 0.1) is 0 Å². The minimum Gasteiger partial charge on any atom is -0.480 e. The molecule has 0 radical (unpaired) electrons. The molecule has 1 fully saturated rings. The van der Waals surface area contributed by atoms with Crippen LogP contribution in [-0.4, -0.2) is 46.9 Å². The zero-order chi connectivity index (χ0) is 10.7. The maximum absolute atomic E-state index is 11.3. The molecule has 0 bridgehead atoms. The normalized spacial score (nSPS) is 21.6. The van der Waals surface area contributed by atoms with Crippen molar-refractivity contribution in [2.45, 2.75) is 19.4 Å². The zero-order valence-electron chi connectivity index (χ0n) is 7.82. The summed E-state index contributed by atoms with van der Waals surface area (Å²) in [7, 11) is 0. The first kappa shape index (κ1) is 10.5. The molecule has 1 aliphatic rings. The highest BCUT2D eigenvalue weighted by atomic mass is 16.4. The van der Waals surface area contributed by atoms with E-state index in [-0.39, 0.29) is 31.3 Å². The van der Waals surface area contributed by atoms with Gasteiger partial charge in [-0.1, -0.05) is 6.92 Å². The standard InChI is InChI=1S/C8H12N2O4/c1-2-7(12)10-4-6(11)9-3-5(10)8(13)14/h5H,2-4H2,1H3,(H,9,11)(H,13,14). The van der Waals surface area contributed by atoms with Crippen LogP contribution in [0.25, 0.3) is 0 Å². The fourth-order valence-corrected chi connectivity index (χ4v) is 1.33. The van der Waals surface area contributed by atoms with Crippen LogP contribution < -0.4 is 5.32 Å². The van der Waals surface area contributed by atoms with Crippen LogP contribution in [0.1, 0.15) is 13.3 Å². The number of carbonyl (C=O) groups is 3. The third-order valence-electron chi connectivity index (χ3n) is 2.09. The SMILES string of the molecule is CCC(=O)N1CC(=O)NCC1C(=O)O. The van der Waals surface area contributed by atoms with Gasteiger partial charge in [0.15, 0.2) is 0 Å². The van der Waals surface area contributed by atoms with E-state index in [0.29, 0.717) is 0 Å². The van der Waals surface area contributed by atoms with E-state index in [2.05, 4.69) is 5.32 Å². The second-order valence-corrected chi connectivity index (χ2v) is 3.03. The number of hydrogen-bond acceptors (Lipinski definition) is 3. The molecule has 0 aliphatic carbocycles. The average Bonchev–Trinajstić information content (AvgIpc) is 2.16. The smallest absolute Gasteiger partial charge is 0.328 e. The highest BCUT2D eigenvalue weighted by Gasteiger charge is 2.34. The van der Waals surface area contributed by atoms with E-state index in [1.165, 1.54) is 0 Å². The summed E-state index contributed by atoms with van der Waals surface area (Å²) in [6, 6.07) is -0.930. The molecule has 78 valence electrons. The fourth-order valence-electron chi connectivity index (χ4n) is 1.33. The molecule has 1 heterocycles. The van der Waals surface area contributed by atoms with Gasteiger partial charge in [0.2, 0.25) is 11.8 Å². The Bertz CT molecular complexity index is 277. The second-order valence-electron chi connectivity index (χ2n) is 3.03. The van der Waals surface area contributed by atoms with Crippen LogP contribution in [0.4, 0.5) is 0 Å². The molecule has 0 spiro atoms. The van der Waals surface area contributed by atoms with Crippen LogP contribution in [0, 0.1) is 0 Å². The van der Waals surface area contributed by atoms with Crippen molar-refractivity contribution in [3.05, 3.63) is 0 Å². The van der Waals surface area contributed by atoms with E-state index < -0.39 is 12.0 Å². The van der Waals surface area contributed by atoms with Gasteiger partial charge in [-0.3, -0.25) is 9.59 Å². The Labute approximate surface area is 80.9 Å². The van der Waals surface area contributed by atoms with Crippen LogP contribution in [0.5, 0.6) is 0 Å². The van der Waals surface area contributed by atoms with Crippen molar-refractivity contribution in [2.24, 2.45) is 0 Å². The molecule has 0 saturated carbocycles. The van der Waals surface area contributed by atoms with E-state index in [4.69, 9.17) is 5.11 Å². The summed E-state index contributed by atoms with van der Waals surface area (Å²) in [4.78, 5) is 34.1. The van der Waals surface area contributed by atoms with Crippen LogP contribution in [0.3, 0.4) is 0 Å². The molecule has 6 heteroatoms. The summed E-state index contributed by atoms with van der Waals surface area (Å²) < 4.78 is 0. The van der Waals surface area contributed by atoms with E-state index in [1.54, 1.807) is 6.92 Å². The molecule has 1 atom stereocenters. The third kappa shape index (κ3) is 2.01. The number of nitrogens with one attached hydrogen (secondary N) is 1. The predicted molar refractivity (Wildman–Crippen MR) is 46.4 cm³/mol. The summed E-state index contributed by atoms with van der Waals surface area (Å²) in [5.74, 6) is -1.72. The molecule has 0 aromatic heterocycles. The Morgan fingerprint density at radius 2 is 2.29 bits per heavy atom. The minimum absolute atomic E-state index is 0.0140. The predicted octanol–water partition coefficient (Wildman–Crippen LogP) is -1.19. The lowest BCUT2D eigenvalue weighted by molar-refractivity contribution is -0.153. The van der Waals surface area contributed by atoms with Gasteiger partial charge in [-0.15, -0.1) is 0 Å². The van der Waals surface area contributed by atoms with Gasteiger partial charge in [-0.25, -0.2) is 4.79 Å². The van der Waals surface area contributed by atoms with Gasteiger partial charge in [0, 0.05) is 13.0 Å². The van der Waals surface area contributed by atoms with Crippen LogP contribution in [0.2, 0.25) is 0 Å². The topological polar surface area (TPSA) is 86.7 Å². The van der Waals surface area contributed by atoms with E-state index in [9.17, 15) is 14.4 Å². The molecule has 1 unspecified atom stereocenters. The molecular formula is C8H12N2O4. The number of carboxylic acid groups (broad SMARTS) is 1. The van der Waals surface area contributed by atoms with Gasteiger partial charge in [0.1, 0.15) is 12.6 Å². The number of aliphatic carboxylic acids is 1. The Balaban J connectivity index is 2.78. The lowest BCUT2D eigenvalue weighted by atomic mass is 10.2. The first-order chi connectivity index (χ1) is 6.56. The van der Waals surface area contributed by atoms with Gasteiger partial charge in [-0.2, -0.15) is 0 Å². The van der Waals surface area contributed by atoms with Crippen molar-refractivity contribution in [3.63, 3.8) is 0 Å². The average molecular weight is 200 g/mol. The lowest BCUT2D eigenvalue weighted by Gasteiger charge is -2.32. The molecule has 0 aromatic carbocycles. The number of carbonyl (C=O) groups excluding carboxylic acids is 2. The Morgan fingerprint density at radius 3 is 2.79 bits per heavy atom. The van der Waals surface area contributed by atoms with Gasteiger partial charge >= 0.3 is 5.97 Å². The molecule has 1 rings (SSSR count). The first-order valence-corrected chi connectivity index (χ1v) is 4.35. The Hall–Kier alpha value is -1.59. The lowest BCUT2D eigenvalue weighted by Crippen LogP contribution is -2.59. The van der Waals surface area contributed by atoms with Gasteiger partial charge in [-0.05, 0) is 0 Å². The third-order valence-corrected chi connectivity index (χ3v) is 2.09. The number of hydrogen-bond donors (Lipinski definition) is 2. The summed E-state index contributed by atoms with van der Waals surface area (Å²) in [6.07, 6.45) is 0.205. The maximum Gasteiger partial charge on any atom is 0.328 e. The van der Waals surface area contributed by atoms with Gasteiger partial charge < -0.3 is 15.3 Å². The molecule has 1 saturated heterocycles. The molecule has 2 amide bonds. The van der Waals surface area contributed by atoms with Gasteiger partial charge in [0.25, 0.3) is 0 Å². The summed E-state index contributed by atoms with van der Waals surface area (Å²) >= 11 is 0. The Morgan fingerprint density at radius 1 is 1.64 bits per heavy atom. The zero-order valence-corrected chi connectivity index (χ0v) is 7.82. The van der Waals surface area contributed by atoms with Crippen LogP contribution in [0.15, 0.2) is 0 Å². The molecular weight excluding hydrogens is 188 g/mol. The fraction of sp³-hybridized carbons (Fsp3) is 0.625.